The Morgan fingerprint density at radius 2 is 2.06 bits per heavy atom. The van der Waals surface area contributed by atoms with Gasteiger partial charge in [0.1, 0.15) is 0 Å². The van der Waals surface area contributed by atoms with E-state index in [0.717, 1.165) is 0 Å². The number of amides is 1. The van der Waals surface area contributed by atoms with Gasteiger partial charge in [0.15, 0.2) is 15.8 Å². The van der Waals surface area contributed by atoms with Crippen molar-refractivity contribution in [3.8, 4) is 0 Å². The Balaban J connectivity index is 2.52. The lowest BCUT2D eigenvalue weighted by Crippen LogP contribution is -2.24. The lowest BCUT2D eigenvalue weighted by atomic mass is 10.1. The molecule has 18 heavy (non-hydrogen) atoms. The van der Waals surface area contributed by atoms with Crippen molar-refractivity contribution in [3.05, 3.63) is 29.3 Å². The molecular weight excluding hydrogens is 278 g/mol. The van der Waals surface area contributed by atoms with Crippen LogP contribution in [-0.2, 0) is 9.84 Å². The summed E-state index contributed by atoms with van der Waals surface area (Å²) < 4.78 is 23.6. The molecule has 1 unspecified atom stereocenters. The third kappa shape index (κ3) is 2.19. The Bertz CT molecular complexity index is 650. The van der Waals surface area contributed by atoms with Crippen LogP contribution in [0.25, 0.3) is 0 Å². The summed E-state index contributed by atoms with van der Waals surface area (Å²) in [5.74, 6) is -1.23. The zero-order valence-electron chi connectivity index (χ0n) is 9.13. The standard InChI is InChI=1S/C10H10ClN3O3S/c11-7-4-18(16,17)8-3-5(1-2-6(7)8)9(15)14-10(12)13/h1-3,7H,4H2,(H4,12,13,14,15). The first kappa shape index (κ1) is 12.8. The van der Waals surface area contributed by atoms with Gasteiger partial charge in [0.2, 0.25) is 0 Å². The monoisotopic (exact) mass is 287 g/mol. The quantitative estimate of drug-likeness (QED) is 0.434. The molecule has 1 aliphatic heterocycles. The van der Waals surface area contributed by atoms with Crippen molar-refractivity contribution in [2.45, 2.75) is 10.3 Å². The number of aliphatic imine (C=N–C) groups is 1. The normalized spacial score (nSPS) is 20.2. The van der Waals surface area contributed by atoms with Gasteiger partial charge in [-0.05, 0) is 17.7 Å². The number of rotatable bonds is 1. The number of carbonyl (C=O) groups is 1. The molecule has 1 amide bonds. The summed E-state index contributed by atoms with van der Waals surface area (Å²) in [7, 11) is -3.43. The summed E-state index contributed by atoms with van der Waals surface area (Å²) in [5.41, 5.74) is 10.8. The van der Waals surface area contributed by atoms with Crippen LogP contribution in [-0.4, -0.2) is 26.0 Å². The van der Waals surface area contributed by atoms with Gasteiger partial charge in [0, 0.05) is 5.56 Å². The minimum Gasteiger partial charge on any atom is -0.370 e. The second-order valence-electron chi connectivity index (χ2n) is 3.84. The van der Waals surface area contributed by atoms with Crippen molar-refractivity contribution in [1.29, 1.82) is 0 Å². The van der Waals surface area contributed by atoms with Crippen LogP contribution in [0.4, 0.5) is 0 Å². The van der Waals surface area contributed by atoms with Crippen LogP contribution in [0.3, 0.4) is 0 Å². The molecule has 0 spiro atoms. The number of halogens is 1. The molecule has 4 N–H and O–H groups in total. The highest BCUT2D eigenvalue weighted by molar-refractivity contribution is 7.91. The van der Waals surface area contributed by atoms with E-state index in [-0.39, 0.29) is 22.2 Å². The maximum Gasteiger partial charge on any atom is 0.280 e. The molecule has 0 saturated carbocycles. The van der Waals surface area contributed by atoms with Crippen LogP contribution < -0.4 is 11.5 Å². The summed E-state index contributed by atoms with van der Waals surface area (Å²) in [4.78, 5) is 15.0. The third-order valence-corrected chi connectivity index (χ3v) is 4.90. The van der Waals surface area contributed by atoms with Crippen LogP contribution in [0.1, 0.15) is 21.3 Å². The van der Waals surface area contributed by atoms with Crippen LogP contribution in [0.15, 0.2) is 28.1 Å². The Kier molecular flexibility index (Phi) is 3.04. The summed E-state index contributed by atoms with van der Waals surface area (Å²) in [6, 6.07) is 4.21. The van der Waals surface area contributed by atoms with E-state index >= 15 is 0 Å². The van der Waals surface area contributed by atoms with E-state index in [4.69, 9.17) is 23.1 Å². The van der Waals surface area contributed by atoms with Crippen molar-refractivity contribution < 1.29 is 13.2 Å². The molecule has 0 radical (unpaired) electrons. The molecule has 0 bridgehead atoms. The van der Waals surface area contributed by atoms with Crippen LogP contribution in [0.5, 0.6) is 0 Å². The molecule has 1 aromatic carbocycles. The van der Waals surface area contributed by atoms with Gasteiger partial charge in [-0.15, -0.1) is 11.6 Å². The minimum absolute atomic E-state index is 0.0687. The number of fused-ring (bicyclic) bond motifs is 1. The molecule has 1 atom stereocenters. The minimum atomic E-state index is -3.43. The summed E-state index contributed by atoms with van der Waals surface area (Å²) >= 11 is 5.91. The Morgan fingerprint density at radius 1 is 1.39 bits per heavy atom. The molecule has 0 saturated heterocycles. The number of benzene rings is 1. The zero-order valence-corrected chi connectivity index (χ0v) is 10.7. The van der Waals surface area contributed by atoms with Crippen molar-refractivity contribution in [1.82, 2.24) is 0 Å². The number of nitrogens with zero attached hydrogens (tertiary/aromatic N) is 1. The lowest BCUT2D eigenvalue weighted by molar-refractivity contribution is 0.100. The smallest absolute Gasteiger partial charge is 0.280 e. The summed E-state index contributed by atoms with van der Waals surface area (Å²) in [5, 5.41) is -0.586. The fourth-order valence-corrected chi connectivity index (χ4v) is 4.12. The van der Waals surface area contributed by atoms with Crippen molar-refractivity contribution >= 4 is 33.3 Å². The maximum atomic E-state index is 11.8. The highest BCUT2D eigenvalue weighted by Gasteiger charge is 2.34. The number of nitrogens with two attached hydrogens (primary N) is 2. The molecule has 1 heterocycles. The topological polar surface area (TPSA) is 116 Å². The fraction of sp³-hybridized carbons (Fsp3) is 0.200. The number of guanidine groups is 1. The second kappa shape index (κ2) is 4.25. The van der Waals surface area contributed by atoms with Gasteiger partial charge >= 0.3 is 0 Å². The molecular formula is C10H10ClN3O3S. The van der Waals surface area contributed by atoms with Crippen molar-refractivity contribution in [2.75, 3.05) is 5.75 Å². The van der Waals surface area contributed by atoms with Gasteiger partial charge in [-0.2, -0.15) is 4.99 Å². The molecule has 96 valence electrons. The molecule has 0 aromatic heterocycles. The van der Waals surface area contributed by atoms with Gasteiger partial charge < -0.3 is 11.5 Å². The number of alkyl halides is 1. The molecule has 0 aliphatic carbocycles. The number of sulfone groups is 1. The van der Waals surface area contributed by atoms with Gasteiger partial charge in [-0.3, -0.25) is 4.79 Å². The zero-order chi connectivity index (χ0) is 13.5. The van der Waals surface area contributed by atoms with Crippen molar-refractivity contribution in [3.63, 3.8) is 0 Å². The fourth-order valence-electron chi connectivity index (χ4n) is 1.75. The van der Waals surface area contributed by atoms with Gasteiger partial charge in [0.25, 0.3) is 5.91 Å². The van der Waals surface area contributed by atoms with Gasteiger partial charge in [-0.1, -0.05) is 6.07 Å². The van der Waals surface area contributed by atoms with Gasteiger partial charge in [-0.25, -0.2) is 8.42 Å². The summed E-state index contributed by atoms with van der Waals surface area (Å²) in [6.45, 7) is 0. The maximum absolute atomic E-state index is 11.8. The Hall–Kier alpha value is -1.60. The molecule has 2 rings (SSSR count). The molecule has 1 aromatic rings. The van der Waals surface area contributed by atoms with Gasteiger partial charge in [0.05, 0.1) is 16.0 Å². The SMILES string of the molecule is NC(N)=NC(=O)c1ccc2c(c1)S(=O)(=O)CC2Cl. The van der Waals surface area contributed by atoms with E-state index in [1.165, 1.54) is 18.2 Å². The Labute approximate surface area is 109 Å². The Morgan fingerprint density at radius 3 is 2.67 bits per heavy atom. The lowest BCUT2D eigenvalue weighted by Gasteiger charge is -2.02. The summed E-state index contributed by atoms with van der Waals surface area (Å²) in [6.07, 6.45) is 0. The highest BCUT2D eigenvalue weighted by Crippen LogP contribution is 2.37. The number of hydrogen-bond acceptors (Lipinski definition) is 3. The largest absolute Gasteiger partial charge is 0.370 e. The highest BCUT2D eigenvalue weighted by atomic mass is 35.5. The van der Waals surface area contributed by atoms with Crippen LogP contribution in [0.2, 0.25) is 0 Å². The number of hydrogen-bond donors (Lipinski definition) is 2. The van der Waals surface area contributed by atoms with Crippen LogP contribution in [0, 0.1) is 0 Å². The van der Waals surface area contributed by atoms with E-state index in [0.29, 0.717) is 5.56 Å². The average molecular weight is 288 g/mol. The molecule has 0 fully saturated rings. The third-order valence-electron chi connectivity index (χ3n) is 2.53. The first-order valence-corrected chi connectivity index (χ1v) is 7.05. The van der Waals surface area contributed by atoms with E-state index in [1.807, 2.05) is 0 Å². The predicted octanol–water partition coefficient (Wildman–Crippen LogP) is 0.167. The van der Waals surface area contributed by atoms with E-state index in [1.54, 1.807) is 0 Å². The molecule has 8 heteroatoms. The molecule has 6 nitrogen and oxygen atoms in total. The van der Waals surface area contributed by atoms with E-state index in [2.05, 4.69) is 4.99 Å². The first-order valence-electron chi connectivity index (χ1n) is 4.96. The van der Waals surface area contributed by atoms with E-state index < -0.39 is 21.1 Å². The number of carbonyl (C=O) groups excluding carboxylic acids is 1. The van der Waals surface area contributed by atoms with Crippen molar-refractivity contribution in [2.24, 2.45) is 16.5 Å². The predicted molar refractivity (Wildman–Crippen MR) is 67.2 cm³/mol. The second-order valence-corrected chi connectivity index (χ2v) is 6.37. The molecule has 1 aliphatic rings. The van der Waals surface area contributed by atoms with Crippen LogP contribution >= 0.6 is 11.6 Å². The van der Waals surface area contributed by atoms with E-state index in [9.17, 15) is 13.2 Å². The average Bonchev–Trinajstić information content (AvgIpc) is 2.48. The first-order chi connectivity index (χ1) is 8.31.